The van der Waals surface area contributed by atoms with E-state index in [0.717, 1.165) is 32.1 Å². The minimum absolute atomic E-state index is 0.156. The summed E-state index contributed by atoms with van der Waals surface area (Å²) in [6.07, 6.45) is 5.03. The molecule has 1 aliphatic heterocycles. The number of anilines is 1. The van der Waals surface area contributed by atoms with Crippen LogP contribution in [0.25, 0.3) is 0 Å². The van der Waals surface area contributed by atoms with E-state index in [0.29, 0.717) is 17.1 Å². The van der Waals surface area contributed by atoms with Gasteiger partial charge in [-0.3, -0.25) is 0 Å². The number of sulfonamides is 1. The molecule has 112 valence electrons. The molecule has 20 heavy (non-hydrogen) atoms. The molecule has 2 rings (SSSR count). The molecule has 1 aliphatic rings. The quantitative estimate of drug-likeness (QED) is 0.908. The molecule has 1 N–H and O–H groups in total. The first-order valence-electron chi connectivity index (χ1n) is 7.40. The molecule has 5 heteroatoms. The fourth-order valence-corrected chi connectivity index (χ4v) is 4.86. The second-order valence-corrected chi connectivity index (χ2v) is 7.16. The Bertz CT molecular complexity index is 541. The molecule has 1 aromatic carbocycles. The van der Waals surface area contributed by atoms with Gasteiger partial charge in [0.1, 0.15) is 4.90 Å². The van der Waals surface area contributed by atoms with E-state index in [2.05, 4.69) is 12.2 Å². The van der Waals surface area contributed by atoms with Gasteiger partial charge in [0, 0.05) is 19.6 Å². The van der Waals surface area contributed by atoms with E-state index in [-0.39, 0.29) is 6.04 Å². The lowest BCUT2D eigenvalue weighted by atomic mass is 10.0. The van der Waals surface area contributed by atoms with E-state index in [9.17, 15) is 8.42 Å². The van der Waals surface area contributed by atoms with Gasteiger partial charge in [-0.1, -0.05) is 31.9 Å². The fourth-order valence-electron chi connectivity index (χ4n) is 2.94. The van der Waals surface area contributed by atoms with E-state index < -0.39 is 10.0 Å². The van der Waals surface area contributed by atoms with Crippen molar-refractivity contribution in [3.63, 3.8) is 0 Å². The normalized spacial score (nSPS) is 20.8. The summed E-state index contributed by atoms with van der Waals surface area (Å²) in [6.45, 7) is 2.76. The van der Waals surface area contributed by atoms with Gasteiger partial charge < -0.3 is 5.32 Å². The Kier molecular flexibility index (Phi) is 5.05. The summed E-state index contributed by atoms with van der Waals surface area (Å²) in [7, 11) is -1.65. The predicted molar refractivity (Wildman–Crippen MR) is 82.4 cm³/mol. The van der Waals surface area contributed by atoms with Crippen molar-refractivity contribution in [2.45, 2.75) is 50.0 Å². The van der Waals surface area contributed by atoms with Gasteiger partial charge in [-0.15, -0.1) is 0 Å². The standard InChI is InChI=1S/C15H24N2O2S/c1-3-8-13-9-6-7-12-17(13)20(18,19)15-11-5-4-10-14(15)16-2/h4-5,10-11,13,16H,3,6-9,12H2,1-2H3. The molecule has 0 saturated carbocycles. The first-order valence-corrected chi connectivity index (χ1v) is 8.84. The Morgan fingerprint density at radius 2 is 2.05 bits per heavy atom. The molecule has 0 spiro atoms. The van der Waals surface area contributed by atoms with Crippen LogP contribution in [0.15, 0.2) is 29.2 Å². The summed E-state index contributed by atoms with van der Waals surface area (Å²) in [5.41, 5.74) is 0.674. The van der Waals surface area contributed by atoms with E-state index in [1.807, 2.05) is 12.1 Å². The molecule has 1 unspecified atom stereocenters. The van der Waals surface area contributed by atoms with Crippen molar-refractivity contribution in [1.29, 1.82) is 0 Å². The van der Waals surface area contributed by atoms with Gasteiger partial charge in [0.05, 0.1) is 5.69 Å². The Morgan fingerprint density at radius 1 is 1.30 bits per heavy atom. The highest BCUT2D eigenvalue weighted by Crippen LogP contribution is 2.30. The zero-order valence-corrected chi connectivity index (χ0v) is 13.1. The van der Waals surface area contributed by atoms with Crippen LogP contribution in [0.4, 0.5) is 5.69 Å². The zero-order valence-electron chi connectivity index (χ0n) is 12.3. The first kappa shape index (κ1) is 15.3. The average Bonchev–Trinajstić information content (AvgIpc) is 2.48. The molecule has 0 radical (unpaired) electrons. The molecule has 1 saturated heterocycles. The SMILES string of the molecule is CCCC1CCCCN1S(=O)(=O)c1ccccc1NC. The lowest BCUT2D eigenvalue weighted by Gasteiger charge is -2.35. The van der Waals surface area contributed by atoms with Gasteiger partial charge >= 0.3 is 0 Å². The third-order valence-electron chi connectivity index (χ3n) is 3.94. The molecule has 0 bridgehead atoms. The number of piperidine rings is 1. The van der Waals surface area contributed by atoms with Gasteiger partial charge in [0.25, 0.3) is 0 Å². The van der Waals surface area contributed by atoms with E-state index in [1.54, 1.807) is 23.5 Å². The highest BCUT2D eigenvalue weighted by molar-refractivity contribution is 7.89. The van der Waals surface area contributed by atoms with E-state index in [4.69, 9.17) is 0 Å². The highest BCUT2D eigenvalue weighted by Gasteiger charge is 2.33. The second-order valence-electron chi connectivity index (χ2n) is 5.30. The minimum Gasteiger partial charge on any atom is -0.387 e. The summed E-state index contributed by atoms with van der Waals surface area (Å²) in [5, 5.41) is 2.98. The molecule has 0 aromatic heterocycles. The largest absolute Gasteiger partial charge is 0.387 e. The Morgan fingerprint density at radius 3 is 2.75 bits per heavy atom. The third-order valence-corrected chi connectivity index (χ3v) is 5.95. The number of para-hydroxylation sites is 1. The van der Waals surface area contributed by atoms with Crippen molar-refractivity contribution in [3.8, 4) is 0 Å². The van der Waals surface area contributed by atoms with Crippen molar-refractivity contribution in [3.05, 3.63) is 24.3 Å². The smallest absolute Gasteiger partial charge is 0.245 e. The van der Waals surface area contributed by atoms with Crippen LogP contribution in [-0.2, 0) is 10.0 Å². The molecule has 0 aliphatic carbocycles. The van der Waals surface area contributed by atoms with Crippen LogP contribution in [0.3, 0.4) is 0 Å². The van der Waals surface area contributed by atoms with E-state index in [1.165, 1.54) is 0 Å². The third kappa shape index (κ3) is 2.99. The minimum atomic E-state index is -3.41. The Balaban J connectivity index is 2.37. The lowest BCUT2D eigenvalue weighted by Crippen LogP contribution is -2.43. The number of hydrogen-bond donors (Lipinski definition) is 1. The summed E-state index contributed by atoms with van der Waals surface area (Å²) in [4.78, 5) is 0.394. The highest BCUT2D eigenvalue weighted by atomic mass is 32.2. The summed E-state index contributed by atoms with van der Waals surface area (Å²) < 4.78 is 27.6. The van der Waals surface area contributed by atoms with Crippen LogP contribution in [0, 0.1) is 0 Å². The van der Waals surface area contributed by atoms with Crippen molar-refractivity contribution in [2.75, 3.05) is 18.9 Å². The molecule has 1 heterocycles. The van der Waals surface area contributed by atoms with Crippen LogP contribution >= 0.6 is 0 Å². The van der Waals surface area contributed by atoms with Crippen LogP contribution in [0.5, 0.6) is 0 Å². The number of rotatable bonds is 5. The molecular weight excluding hydrogens is 272 g/mol. The molecule has 0 amide bonds. The van der Waals surface area contributed by atoms with Crippen molar-refractivity contribution >= 4 is 15.7 Å². The first-order chi connectivity index (χ1) is 9.61. The van der Waals surface area contributed by atoms with Crippen LogP contribution < -0.4 is 5.32 Å². The maximum Gasteiger partial charge on any atom is 0.245 e. The second kappa shape index (κ2) is 6.59. The number of nitrogens with one attached hydrogen (secondary N) is 1. The number of hydrogen-bond acceptors (Lipinski definition) is 3. The maximum absolute atomic E-state index is 12.9. The van der Waals surface area contributed by atoms with Gasteiger partial charge in [0.15, 0.2) is 0 Å². The fraction of sp³-hybridized carbons (Fsp3) is 0.600. The topological polar surface area (TPSA) is 49.4 Å². The molecular formula is C15H24N2O2S. The molecule has 1 aromatic rings. The number of benzene rings is 1. The van der Waals surface area contributed by atoms with E-state index >= 15 is 0 Å². The van der Waals surface area contributed by atoms with Crippen molar-refractivity contribution in [1.82, 2.24) is 4.31 Å². The van der Waals surface area contributed by atoms with Crippen molar-refractivity contribution in [2.24, 2.45) is 0 Å². The number of nitrogens with zero attached hydrogens (tertiary/aromatic N) is 1. The summed E-state index contributed by atoms with van der Waals surface area (Å²) in [5.74, 6) is 0. The summed E-state index contributed by atoms with van der Waals surface area (Å²) >= 11 is 0. The van der Waals surface area contributed by atoms with Crippen LogP contribution in [-0.4, -0.2) is 32.4 Å². The monoisotopic (exact) mass is 296 g/mol. The van der Waals surface area contributed by atoms with Crippen LogP contribution in [0.1, 0.15) is 39.0 Å². The van der Waals surface area contributed by atoms with Gasteiger partial charge in [-0.2, -0.15) is 4.31 Å². The van der Waals surface area contributed by atoms with Gasteiger partial charge in [0.2, 0.25) is 10.0 Å². The van der Waals surface area contributed by atoms with Gasteiger partial charge in [-0.25, -0.2) is 8.42 Å². The Hall–Kier alpha value is -1.07. The van der Waals surface area contributed by atoms with Crippen molar-refractivity contribution < 1.29 is 8.42 Å². The lowest BCUT2D eigenvalue weighted by molar-refractivity contribution is 0.239. The zero-order chi connectivity index (χ0) is 14.6. The maximum atomic E-state index is 12.9. The predicted octanol–water partition coefficient (Wildman–Crippen LogP) is 3.07. The molecule has 1 atom stereocenters. The molecule has 1 fully saturated rings. The van der Waals surface area contributed by atoms with Gasteiger partial charge in [-0.05, 0) is 31.4 Å². The Labute approximate surface area is 122 Å². The van der Waals surface area contributed by atoms with Crippen LogP contribution in [0.2, 0.25) is 0 Å². The summed E-state index contributed by atoms with van der Waals surface area (Å²) in [6, 6.07) is 7.30. The average molecular weight is 296 g/mol. The molecule has 4 nitrogen and oxygen atoms in total.